The summed E-state index contributed by atoms with van der Waals surface area (Å²) in [5.41, 5.74) is 4.10. The van der Waals surface area contributed by atoms with Crippen molar-refractivity contribution in [3.05, 3.63) is 123 Å². The van der Waals surface area contributed by atoms with E-state index >= 15 is 0 Å². The second kappa shape index (κ2) is 10.1. The Kier molecular flexibility index (Phi) is 6.69. The molecular formula is C26H22ClN5O3S. The van der Waals surface area contributed by atoms with Crippen LogP contribution in [0.4, 0.5) is 0 Å². The van der Waals surface area contributed by atoms with Crippen molar-refractivity contribution >= 4 is 32.5 Å². The van der Waals surface area contributed by atoms with Gasteiger partial charge in [-0.2, -0.15) is 5.10 Å². The molecule has 5 rings (SSSR count). The number of fused-ring (bicyclic) bond motifs is 1. The van der Waals surface area contributed by atoms with Gasteiger partial charge in [-0.05, 0) is 59.5 Å². The molecular weight excluding hydrogens is 498 g/mol. The molecule has 0 unspecified atom stereocenters. The molecule has 3 heterocycles. The Morgan fingerprint density at radius 3 is 2.56 bits per heavy atom. The van der Waals surface area contributed by atoms with Gasteiger partial charge < -0.3 is 4.57 Å². The molecule has 36 heavy (non-hydrogen) atoms. The van der Waals surface area contributed by atoms with Crippen molar-refractivity contribution in [1.82, 2.24) is 24.5 Å². The number of halogens is 1. The zero-order valence-corrected chi connectivity index (χ0v) is 20.6. The predicted octanol–water partition coefficient (Wildman–Crippen LogP) is 3.89. The van der Waals surface area contributed by atoms with Crippen LogP contribution in [0.2, 0.25) is 5.02 Å². The minimum atomic E-state index is -3.85. The number of pyridine rings is 2. The van der Waals surface area contributed by atoms with E-state index < -0.39 is 10.0 Å². The monoisotopic (exact) mass is 519 g/mol. The third-order valence-corrected chi connectivity index (χ3v) is 7.33. The molecule has 0 aliphatic heterocycles. The third kappa shape index (κ3) is 5.38. The summed E-state index contributed by atoms with van der Waals surface area (Å²) in [7, 11) is -3.85. The first-order valence-corrected chi connectivity index (χ1v) is 13.0. The summed E-state index contributed by atoms with van der Waals surface area (Å²) in [6.07, 6.45) is 3.79. The molecule has 0 amide bonds. The number of sulfonamides is 1. The van der Waals surface area contributed by atoms with E-state index in [9.17, 15) is 13.2 Å². The molecule has 3 aromatic heterocycles. The minimum Gasteiger partial charge on any atom is -0.311 e. The predicted molar refractivity (Wildman–Crippen MR) is 138 cm³/mol. The average molecular weight is 520 g/mol. The Morgan fingerprint density at radius 1 is 0.944 bits per heavy atom. The Labute approximate surface area is 212 Å². The van der Waals surface area contributed by atoms with Crippen LogP contribution in [-0.2, 0) is 29.5 Å². The van der Waals surface area contributed by atoms with Crippen LogP contribution in [0.1, 0.15) is 22.4 Å². The Bertz CT molecular complexity index is 1700. The van der Waals surface area contributed by atoms with Gasteiger partial charge in [-0.25, -0.2) is 18.1 Å². The maximum absolute atomic E-state index is 12.9. The number of nitrogens with zero attached hydrogens (tertiary/aromatic N) is 3. The Balaban J connectivity index is 1.27. The largest absolute Gasteiger partial charge is 0.311 e. The molecule has 5 aromatic rings. The van der Waals surface area contributed by atoms with Crippen molar-refractivity contribution in [1.29, 1.82) is 0 Å². The summed E-state index contributed by atoms with van der Waals surface area (Å²) in [5, 5.41) is 8.28. The molecule has 0 aliphatic carbocycles. The van der Waals surface area contributed by atoms with E-state index in [1.54, 1.807) is 47.2 Å². The minimum absolute atomic E-state index is 0.0248. The number of rotatable bonds is 8. The van der Waals surface area contributed by atoms with Crippen molar-refractivity contribution in [2.75, 3.05) is 0 Å². The quantitative estimate of drug-likeness (QED) is 0.323. The van der Waals surface area contributed by atoms with Crippen LogP contribution in [-0.4, -0.2) is 28.2 Å². The standard InChI is InChI=1S/C26H22ClN5O3S/c27-21-8-9-23-22(15-21)24(31-30-23)16-29-36(34,35)25-14-20(10-11-28-25)13-18-4-6-19(7-5-18)17-32-12-2-1-3-26(32)33/h1-12,14-15,29H,13,16-17H2,(H,30,31). The number of aromatic amines is 1. The molecule has 0 aliphatic rings. The second-order valence-corrected chi connectivity index (χ2v) is 10.5. The fourth-order valence-electron chi connectivity index (χ4n) is 3.90. The number of hydrogen-bond acceptors (Lipinski definition) is 5. The van der Waals surface area contributed by atoms with Gasteiger partial charge in [0.25, 0.3) is 15.6 Å². The SMILES string of the molecule is O=c1ccccn1Cc1ccc(Cc2ccnc(S(=O)(=O)NCc3[nH]nc4ccc(Cl)cc34)c2)cc1. The summed E-state index contributed by atoms with van der Waals surface area (Å²) in [5.74, 6) is 0. The molecule has 0 saturated carbocycles. The number of aromatic nitrogens is 4. The zero-order chi connectivity index (χ0) is 25.1. The van der Waals surface area contributed by atoms with Crippen LogP contribution in [0.25, 0.3) is 10.9 Å². The first-order chi connectivity index (χ1) is 17.4. The summed E-state index contributed by atoms with van der Waals surface area (Å²) in [6, 6.07) is 21.6. The van der Waals surface area contributed by atoms with Gasteiger partial charge in [-0.1, -0.05) is 41.9 Å². The highest BCUT2D eigenvalue weighted by Gasteiger charge is 2.17. The molecule has 0 saturated heterocycles. The van der Waals surface area contributed by atoms with E-state index in [1.807, 2.05) is 30.3 Å². The van der Waals surface area contributed by atoms with E-state index in [0.29, 0.717) is 29.2 Å². The first-order valence-electron chi connectivity index (χ1n) is 11.2. The van der Waals surface area contributed by atoms with Gasteiger partial charge in [0.15, 0.2) is 5.03 Å². The molecule has 0 atom stereocenters. The lowest BCUT2D eigenvalue weighted by Gasteiger charge is -2.09. The highest BCUT2D eigenvalue weighted by atomic mass is 35.5. The van der Waals surface area contributed by atoms with Crippen LogP contribution < -0.4 is 10.3 Å². The van der Waals surface area contributed by atoms with Crippen molar-refractivity contribution in [2.24, 2.45) is 0 Å². The highest BCUT2D eigenvalue weighted by Crippen LogP contribution is 2.21. The van der Waals surface area contributed by atoms with Crippen molar-refractivity contribution in [3.63, 3.8) is 0 Å². The smallest absolute Gasteiger partial charge is 0.258 e. The van der Waals surface area contributed by atoms with Crippen LogP contribution in [0.15, 0.2) is 95.0 Å². The summed E-state index contributed by atoms with van der Waals surface area (Å²) in [6.45, 7) is 0.512. The van der Waals surface area contributed by atoms with E-state index in [2.05, 4.69) is 19.9 Å². The van der Waals surface area contributed by atoms with Crippen molar-refractivity contribution in [2.45, 2.75) is 24.5 Å². The Hall–Kier alpha value is -3.79. The fraction of sp³-hybridized carbons (Fsp3) is 0.115. The van der Waals surface area contributed by atoms with E-state index in [4.69, 9.17) is 11.6 Å². The molecule has 0 radical (unpaired) electrons. The topological polar surface area (TPSA) is 110 Å². The van der Waals surface area contributed by atoms with Crippen LogP contribution >= 0.6 is 11.6 Å². The van der Waals surface area contributed by atoms with Gasteiger partial charge in [-0.3, -0.25) is 9.89 Å². The van der Waals surface area contributed by atoms with Gasteiger partial charge in [0, 0.05) is 28.9 Å². The second-order valence-electron chi connectivity index (χ2n) is 8.35. The number of benzene rings is 2. The van der Waals surface area contributed by atoms with Gasteiger partial charge >= 0.3 is 0 Å². The lowest BCUT2D eigenvalue weighted by atomic mass is 10.0. The van der Waals surface area contributed by atoms with E-state index in [1.165, 1.54) is 12.3 Å². The van der Waals surface area contributed by atoms with Crippen LogP contribution in [0.3, 0.4) is 0 Å². The van der Waals surface area contributed by atoms with Crippen LogP contribution in [0, 0.1) is 0 Å². The molecule has 10 heteroatoms. The third-order valence-electron chi connectivity index (χ3n) is 5.79. The molecule has 0 bridgehead atoms. The van der Waals surface area contributed by atoms with Crippen molar-refractivity contribution in [3.8, 4) is 0 Å². The lowest BCUT2D eigenvalue weighted by Crippen LogP contribution is -2.24. The molecule has 8 nitrogen and oxygen atoms in total. The van der Waals surface area contributed by atoms with E-state index in [0.717, 1.165) is 22.1 Å². The zero-order valence-electron chi connectivity index (χ0n) is 19.1. The number of H-pyrrole nitrogens is 1. The maximum Gasteiger partial charge on any atom is 0.258 e. The van der Waals surface area contributed by atoms with Crippen LogP contribution in [0.5, 0.6) is 0 Å². The van der Waals surface area contributed by atoms with Gasteiger partial charge in [-0.15, -0.1) is 0 Å². The maximum atomic E-state index is 12.9. The number of nitrogens with one attached hydrogen (secondary N) is 2. The average Bonchev–Trinajstić information content (AvgIpc) is 3.28. The van der Waals surface area contributed by atoms with Gasteiger partial charge in [0.1, 0.15) is 0 Å². The van der Waals surface area contributed by atoms with Crippen molar-refractivity contribution < 1.29 is 8.42 Å². The summed E-state index contributed by atoms with van der Waals surface area (Å²) >= 11 is 6.06. The lowest BCUT2D eigenvalue weighted by molar-refractivity contribution is 0.576. The fourth-order valence-corrected chi connectivity index (χ4v) is 5.07. The molecule has 2 N–H and O–H groups in total. The number of hydrogen-bond donors (Lipinski definition) is 2. The molecule has 182 valence electrons. The van der Waals surface area contributed by atoms with E-state index in [-0.39, 0.29) is 17.1 Å². The first kappa shape index (κ1) is 23.9. The van der Waals surface area contributed by atoms with Gasteiger partial charge in [0.2, 0.25) is 0 Å². The highest BCUT2D eigenvalue weighted by molar-refractivity contribution is 7.89. The molecule has 2 aromatic carbocycles. The Morgan fingerprint density at radius 2 is 1.75 bits per heavy atom. The summed E-state index contributed by atoms with van der Waals surface area (Å²) in [4.78, 5) is 16.0. The normalized spacial score (nSPS) is 11.7. The van der Waals surface area contributed by atoms with Gasteiger partial charge in [0.05, 0.1) is 24.3 Å². The molecule has 0 spiro atoms. The summed E-state index contributed by atoms with van der Waals surface area (Å²) < 4.78 is 30.1. The molecule has 0 fully saturated rings.